The zero-order chi connectivity index (χ0) is 19.0. The van der Waals surface area contributed by atoms with Crippen molar-refractivity contribution < 1.29 is 19.1 Å². The molecule has 0 radical (unpaired) electrons. The van der Waals surface area contributed by atoms with Crippen LogP contribution in [0.15, 0.2) is 60.7 Å². The third-order valence-electron chi connectivity index (χ3n) is 4.61. The Bertz CT molecular complexity index is 711. The quantitative estimate of drug-likeness (QED) is 0.623. The molecule has 4 nitrogen and oxygen atoms in total. The van der Waals surface area contributed by atoms with Crippen LogP contribution in [0.5, 0.6) is 0 Å². The van der Waals surface area contributed by atoms with E-state index in [9.17, 15) is 9.59 Å². The standard InChI is InChI=1S/C22H26O4/c1-4-16-22(5-2,26-21(24)19-14-10-7-11-15-19)17(3)25-20(23)18-12-8-6-9-13-18/h6-15,17H,4-5,16H2,1-3H3. The maximum absolute atomic E-state index is 12.6. The van der Waals surface area contributed by atoms with Crippen LogP contribution in [0.2, 0.25) is 0 Å². The second-order valence-corrected chi connectivity index (χ2v) is 6.34. The van der Waals surface area contributed by atoms with E-state index in [0.29, 0.717) is 24.0 Å². The number of carbonyl (C=O) groups is 2. The summed E-state index contributed by atoms with van der Waals surface area (Å²) >= 11 is 0. The lowest BCUT2D eigenvalue weighted by molar-refractivity contribution is -0.0975. The Morgan fingerprint density at radius 2 is 1.38 bits per heavy atom. The van der Waals surface area contributed by atoms with E-state index in [-0.39, 0.29) is 0 Å². The fraction of sp³-hybridized carbons (Fsp3) is 0.364. The molecule has 0 N–H and O–H groups in total. The van der Waals surface area contributed by atoms with Crippen molar-refractivity contribution in [3.05, 3.63) is 71.8 Å². The monoisotopic (exact) mass is 354 g/mol. The molecule has 0 spiro atoms. The van der Waals surface area contributed by atoms with Crippen LogP contribution < -0.4 is 0 Å². The van der Waals surface area contributed by atoms with Gasteiger partial charge in [0.15, 0.2) is 0 Å². The van der Waals surface area contributed by atoms with Crippen molar-refractivity contribution in [3.63, 3.8) is 0 Å². The predicted octanol–water partition coefficient (Wildman–Crippen LogP) is 5.04. The Kier molecular flexibility index (Phi) is 6.96. The van der Waals surface area contributed by atoms with E-state index in [4.69, 9.17) is 9.47 Å². The molecule has 0 aliphatic carbocycles. The van der Waals surface area contributed by atoms with Gasteiger partial charge in [0.2, 0.25) is 0 Å². The van der Waals surface area contributed by atoms with E-state index < -0.39 is 23.6 Å². The highest BCUT2D eigenvalue weighted by Gasteiger charge is 2.40. The van der Waals surface area contributed by atoms with Crippen molar-refractivity contribution >= 4 is 11.9 Å². The van der Waals surface area contributed by atoms with Crippen LogP contribution in [0.3, 0.4) is 0 Å². The lowest BCUT2D eigenvalue weighted by Gasteiger charge is -2.37. The van der Waals surface area contributed by atoms with Gasteiger partial charge < -0.3 is 9.47 Å². The van der Waals surface area contributed by atoms with E-state index >= 15 is 0 Å². The SMILES string of the molecule is CCCC(CC)(OC(=O)c1ccccc1)C(C)OC(=O)c1ccccc1. The molecule has 4 heteroatoms. The highest BCUT2D eigenvalue weighted by atomic mass is 16.6. The van der Waals surface area contributed by atoms with Crippen molar-refractivity contribution in [1.82, 2.24) is 0 Å². The van der Waals surface area contributed by atoms with Crippen molar-refractivity contribution in [2.45, 2.75) is 51.7 Å². The molecule has 0 bridgehead atoms. The fourth-order valence-corrected chi connectivity index (χ4v) is 3.02. The lowest BCUT2D eigenvalue weighted by atomic mass is 9.89. The summed E-state index contributed by atoms with van der Waals surface area (Å²) in [5.74, 6) is -0.814. The van der Waals surface area contributed by atoms with Gasteiger partial charge in [0.25, 0.3) is 0 Å². The van der Waals surface area contributed by atoms with E-state index in [1.807, 2.05) is 26.0 Å². The number of carbonyl (C=O) groups excluding carboxylic acids is 2. The third kappa shape index (κ3) is 4.72. The average molecular weight is 354 g/mol. The van der Waals surface area contributed by atoms with Gasteiger partial charge in [-0.05, 0) is 44.0 Å². The summed E-state index contributed by atoms with van der Waals surface area (Å²) in [6.45, 7) is 5.76. The number of hydrogen-bond donors (Lipinski definition) is 0. The zero-order valence-electron chi connectivity index (χ0n) is 15.6. The minimum atomic E-state index is -0.855. The molecule has 0 heterocycles. The van der Waals surface area contributed by atoms with Crippen molar-refractivity contribution in [3.8, 4) is 0 Å². The maximum atomic E-state index is 12.6. The number of rotatable bonds is 8. The smallest absolute Gasteiger partial charge is 0.338 e. The minimum absolute atomic E-state index is 0.400. The van der Waals surface area contributed by atoms with Crippen molar-refractivity contribution in [2.24, 2.45) is 0 Å². The van der Waals surface area contributed by atoms with Crippen LogP contribution in [0, 0.1) is 0 Å². The van der Waals surface area contributed by atoms with E-state index in [1.165, 1.54) is 0 Å². The van der Waals surface area contributed by atoms with Gasteiger partial charge in [0.1, 0.15) is 11.7 Å². The summed E-state index contributed by atoms with van der Waals surface area (Å²) in [5.41, 5.74) is 0.116. The molecule has 0 aromatic heterocycles. The molecule has 0 saturated heterocycles. The van der Waals surface area contributed by atoms with Crippen LogP contribution in [-0.4, -0.2) is 23.6 Å². The van der Waals surface area contributed by atoms with Crippen LogP contribution in [0.25, 0.3) is 0 Å². The summed E-state index contributed by atoms with van der Waals surface area (Å²) in [6, 6.07) is 17.7. The van der Waals surface area contributed by atoms with E-state index in [1.54, 1.807) is 55.5 Å². The van der Waals surface area contributed by atoms with Gasteiger partial charge in [-0.3, -0.25) is 0 Å². The molecule has 0 saturated carbocycles. The van der Waals surface area contributed by atoms with E-state index in [0.717, 1.165) is 6.42 Å². The van der Waals surface area contributed by atoms with Crippen LogP contribution in [0.1, 0.15) is 60.7 Å². The van der Waals surface area contributed by atoms with Gasteiger partial charge >= 0.3 is 11.9 Å². The average Bonchev–Trinajstić information content (AvgIpc) is 2.68. The Hall–Kier alpha value is -2.62. The first-order chi connectivity index (χ1) is 12.5. The summed E-state index contributed by atoms with van der Waals surface area (Å²) in [4.78, 5) is 25.0. The number of hydrogen-bond acceptors (Lipinski definition) is 4. The van der Waals surface area contributed by atoms with Crippen LogP contribution >= 0.6 is 0 Å². The van der Waals surface area contributed by atoms with Gasteiger partial charge in [0, 0.05) is 0 Å². The molecule has 2 aromatic carbocycles. The number of esters is 2. The third-order valence-corrected chi connectivity index (χ3v) is 4.61. The largest absolute Gasteiger partial charge is 0.455 e. The second-order valence-electron chi connectivity index (χ2n) is 6.34. The van der Waals surface area contributed by atoms with E-state index in [2.05, 4.69) is 0 Å². The summed E-state index contributed by atoms with van der Waals surface area (Å²) in [7, 11) is 0. The molecule has 0 aliphatic heterocycles. The number of benzene rings is 2. The van der Waals surface area contributed by atoms with Gasteiger partial charge in [-0.1, -0.05) is 56.7 Å². The van der Waals surface area contributed by atoms with Crippen molar-refractivity contribution in [2.75, 3.05) is 0 Å². The molecule has 2 rings (SSSR count). The van der Waals surface area contributed by atoms with Gasteiger partial charge in [-0.2, -0.15) is 0 Å². The normalized spacial score (nSPS) is 14.1. The first kappa shape index (κ1) is 19.7. The highest BCUT2D eigenvalue weighted by molar-refractivity contribution is 5.90. The molecule has 26 heavy (non-hydrogen) atoms. The molecular formula is C22H26O4. The molecule has 0 aliphatic rings. The molecule has 0 fully saturated rings. The lowest BCUT2D eigenvalue weighted by Crippen LogP contribution is -2.46. The minimum Gasteiger partial charge on any atom is -0.455 e. The summed E-state index contributed by atoms with van der Waals surface area (Å²) < 4.78 is 11.6. The highest BCUT2D eigenvalue weighted by Crippen LogP contribution is 2.30. The Balaban J connectivity index is 2.18. The second kappa shape index (κ2) is 9.18. The zero-order valence-corrected chi connectivity index (χ0v) is 15.6. The van der Waals surface area contributed by atoms with Gasteiger partial charge in [-0.25, -0.2) is 9.59 Å². The van der Waals surface area contributed by atoms with Crippen LogP contribution in [-0.2, 0) is 9.47 Å². The molecule has 0 amide bonds. The molecule has 2 aromatic rings. The molecular weight excluding hydrogens is 328 g/mol. The summed E-state index contributed by atoms with van der Waals surface area (Å²) in [6.07, 6.45) is 1.42. The van der Waals surface area contributed by atoms with Gasteiger partial charge in [0.05, 0.1) is 11.1 Å². The molecule has 138 valence electrons. The molecule has 2 unspecified atom stereocenters. The first-order valence-corrected chi connectivity index (χ1v) is 9.07. The number of ether oxygens (including phenoxy) is 2. The Morgan fingerprint density at radius 1 is 0.885 bits per heavy atom. The van der Waals surface area contributed by atoms with Crippen LogP contribution in [0.4, 0.5) is 0 Å². The maximum Gasteiger partial charge on any atom is 0.338 e. The predicted molar refractivity (Wildman–Crippen MR) is 101 cm³/mol. The fourth-order valence-electron chi connectivity index (χ4n) is 3.02. The van der Waals surface area contributed by atoms with Gasteiger partial charge in [-0.15, -0.1) is 0 Å². The first-order valence-electron chi connectivity index (χ1n) is 9.07. The molecule has 2 atom stereocenters. The summed E-state index contributed by atoms with van der Waals surface area (Å²) in [5, 5.41) is 0. The topological polar surface area (TPSA) is 52.6 Å². The Morgan fingerprint density at radius 3 is 1.85 bits per heavy atom. The van der Waals surface area contributed by atoms with Crippen molar-refractivity contribution in [1.29, 1.82) is 0 Å². The Labute approximate surface area is 155 Å².